The molecule has 1 aliphatic rings. The summed E-state index contributed by atoms with van der Waals surface area (Å²) in [6.45, 7) is 2.87. The van der Waals surface area contributed by atoms with Gasteiger partial charge in [0.05, 0.1) is 0 Å². The van der Waals surface area contributed by atoms with Crippen LogP contribution in [0.15, 0.2) is 0 Å². The second-order valence-corrected chi connectivity index (χ2v) is 3.03. The van der Waals surface area contributed by atoms with Crippen molar-refractivity contribution in [2.75, 3.05) is 13.1 Å². The quantitative estimate of drug-likeness (QED) is 0.522. The molecule has 11 heavy (non-hydrogen) atoms. The Kier molecular flexibility index (Phi) is 2.85. The average molecular weight is 159 g/mol. The summed E-state index contributed by atoms with van der Waals surface area (Å²) in [7, 11) is 0. The van der Waals surface area contributed by atoms with Gasteiger partial charge in [0.15, 0.2) is 0 Å². The summed E-state index contributed by atoms with van der Waals surface area (Å²) in [5.74, 6) is 0.0686. The van der Waals surface area contributed by atoms with Crippen LogP contribution in [0.1, 0.15) is 26.2 Å². The van der Waals surface area contributed by atoms with Crippen LogP contribution in [0.4, 0.5) is 4.39 Å². The number of rotatable bonds is 0. The SMILES string of the molecule is CC(=O)N1CCCC(F)CC1. The lowest BCUT2D eigenvalue weighted by molar-refractivity contribution is -0.128. The number of hydrogen-bond acceptors (Lipinski definition) is 1. The smallest absolute Gasteiger partial charge is 0.219 e. The van der Waals surface area contributed by atoms with Gasteiger partial charge in [0.2, 0.25) is 5.91 Å². The molecular weight excluding hydrogens is 145 g/mol. The van der Waals surface area contributed by atoms with Crippen LogP contribution in [0.5, 0.6) is 0 Å². The number of nitrogens with zero attached hydrogens (tertiary/aromatic N) is 1. The molecule has 0 bridgehead atoms. The largest absolute Gasteiger partial charge is 0.343 e. The van der Waals surface area contributed by atoms with E-state index in [1.165, 1.54) is 0 Å². The molecule has 1 unspecified atom stereocenters. The molecule has 64 valence electrons. The van der Waals surface area contributed by atoms with Crippen molar-refractivity contribution in [1.29, 1.82) is 0 Å². The summed E-state index contributed by atoms with van der Waals surface area (Å²) in [6, 6.07) is 0. The molecule has 1 rings (SSSR count). The van der Waals surface area contributed by atoms with E-state index < -0.39 is 6.17 Å². The molecule has 0 aromatic carbocycles. The highest BCUT2D eigenvalue weighted by molar-refractivity contribution is 5.73. The summed E-state index contributed by atoms with van der Waals surface area (Å²) in [5, 5.41) is 0. The molecular formula is C8H14FNO. The summed E-state index contributed by atoms with van der Waals surface area (Å²) in [6.07, 6.45) is 1.24. The van der Waals surface area contributed by atoms with Gasteiger partial charge in [-0.1, -0.05) is 0 Å². The molecule has 0 radical (unpaired) electrons. The van der Waals surface area contributed by atoms with Crippen molar-refractivity contribution in [1.82, 2.24) is 4.90 Å². The monoisotopic (exact) mass is 159 g/mol. The van der Waals surface area contributed by atoms with E-state index in [0.29, 0.717) is 19.4 Å². The van der Waals surface area contributed by atoms with Crippen LogP contribution < -0.4 is 0 Å². The number of hydrogen-bond donors (Lipinski definition) is 0. The fourth-order valence-electron chi connectivity index (χ4n) is 1.37. The van der Waals surface area contributed by atoms with E-state index in [0.717, 1.165) is 13.0 Å². The first-order valence-electron chi connectivity index (χ1n) is 4.09. The zero-order valence-corrected chi connectivity index (χ0v) is 6.85. The maximum absolute atomic E-state index is 12.7. The van der Waals surface area contributed by atoms with E-state index in [9.17, 15) is 9.18 Å². The van der Waals surface area contributed by atoms with Gasteiger partial charge >= 0.3 is 0 Å². The molecule has 0 spiro atoms. The molecule has 0 aromatic rings. The van der Waals surface area contributed by atoms with Gasteiger partial charge in [0.25, 0.3) is 0 Å². The maximum atomic E-state index is 12.7. The van der Waals surface area contributed by atoms with Gasteiger partial charge in [-0.3, -0.25) is 4.79 Å². The predicted octanol–water partition coefficient (Wildman–Crippen LogP) is 1.36. The Balaban J connectivity index is 2.40. The van der Waals surface area contributed by atoms with Crippen molar-refractivity contribution in [2.24, 2.45) is 0 Å². The van der Waals surface area contributed by atoms with E-state index in [4.69, 9.17) is 0 Å². The number of likely N-dealkylation sites (tertiary alicyclic amines) is 1. The topological polar surface area (TPSA) is 20.3 Å². The van der Waals surface area contributed by atoms with Crippen LogP contribution >= 0.6 is 0 Å². The molecule has 1 fully saturated rings. The fraction of sp³-hybridized carbons (Fsp3) is 0.875. The van der Waals surface area contributed by atoms with Gasteiger partial charge < -0.3 is 4.90 Å². The third kappa shape index (κ3) is 2.48. The second-order valence-electron chi connectivity index (χ2n) is 3.03. The number of carbonyl (C=O) groups is 1. The molecule has 2 nitrogen and oxygen atoms in total. The molecule has 0 aromatic heterocycles. The summed E-state index contributed by atoms with van der Waals surface area (Å²) >= 11 is 0. The van der Waals surface area contributed by atoms with Crippen LogP contribution in [-0.2, 0) is 4.79 Å². The van der Waals surface area contributed by atoms with Gasteiger partial charge in [-0.15, -0.1) is 0 Å². The molecule has 0 N–H and O–H groups in total. The molecule has 1 amide bonds. The lowest BCUT2D eigenvalue weighted by Crippen LogP contribution is -2.29. The number of amides is 1. The Morgan fingerprint density at radius 1 is 1.45 bits per heavy atom. The third-order valence-corrected chi connectivity index (χ3v) is 2.10. The fourth-order valence-corrected chi connectivity index (χ4v) is 1.37. The Labute approximate surface area is 66.4 Å². The molecule has 1 heterocycles. The van der Waals surface area contributed by atoms with E-state index in [1.807, 2.05) is 0 Å². The molecule has 0 aliphatic carbocycles. The zero-order chi connectivity index (χ0) is 8.27. The van der Waals surface area contributed by atoms with Gasteiger partial charge in [0.1, 0.15) is 6.17 Å². The zero-order valence-electron chi connectivity index (χ0n) is 6.85. The van der Waals surface area contributed by atoms with Gasteiger partial charge in [0, 0.05) is 20.0 Å². The minimum atomic E-state index is -0.695. The first-order valence-corrected chi connectivity index (χ1v) is 4.09. The van der Waals surface area contributed by atoms with Crippen molar-refractivity contribution in [3.05, 3.63) is 0 Å². The summed E-state index contributed by atoms with van der Waals surface area (Å²) in [5.41, 5.74) is 0. The van der Waals surface area contributed by atoms with Crippen molar-refractivity contribution in [3.8, 4) is 0 Å². The molecule has 0 saturated carbocycles. The second kappa shape index (κ2) is 3.69. The van der Waals surface area contributed by atoms with Crippen LogP contribution in [-0.4, -0.2) is 30.1 Å². The lowest BCUT2D eigenvalue weighted by atomic mass is 10.2. The Morgan fingerprint density at radius 2 is 2.18 bits per heavy atom. The average Bonchev–Trinajstić information content (AvgIpc) is 2.13. The van der Waals surface area contributed by atoms with E-state index in [2.05, 4.69) is 0 Å². The Bertz CT molecular complexity index is 149. The van der Waals surface area contributed by atoms with Crippen molar-refractivity contribution in [3.63, 3.8) is 0 Å². The minimum Gasteiger partial charge on any atom is -0.343 e. The molecule has 3 heteroatoms. The number of alkyl halides is 1. The summed E-state index contributed by atoms with van der Waals surface area (Å²) in [4.78, 5) is 12.6. The number of carbonyl (C=O) groups excluding carboxylic acids is 1. The maximum Gasteiger partial charge on any atom is 0.219 e. The van der Waals surface area contributed by atoms with E-state index >= 15 is 0 Å². The lowest BCUT2D eigenvalue weighted by Gasteiger charge is -2.17. The minimum absolute atomic E-state index is 0.0686. The highest BCUT2D eigenvalue weighted by atomic mass is 19.1. The van der Waals surface area contributed by atoms with Crippen molar-refractivity contribution < 1.29 is 9.18 Å². The van der Waals surface area contributed by atoms with Crippen LogP contribution in [0, 0.1) is 0 Å². The highest BCUT2D eigenvalue weighted by Crippen LogP contribution is 2.13. The molecule has 1 atom stereocenters. The van der Waals surface area contributed by atoms with Crippen molar-refractivity contribution >= 4 is 5.91 Å². The standard InChI is InChI=1S/C8H14FNO/c1-7(11)10-5-2-3-8(9)4-6-10/h8H,2-6H2,1H3. The van der Waals surface area contributed by atoms with Crippen LogP contribution in [0.2, 0.25) is 0 Å². The van der Waals surface area contributed by atoms with E-state index in [-0.39, 0.29) is 5.91 Å². The Hall–Kier alpha value is -0.600. The normalized spacial score (nSPS) is 26.4. The van der Waals surface area contributed by atoms with Crippen LogP contribution in [0.25, 0.3) is 0 Å². The van der Waals surface area contributed by atoms with Gasteiger partial charge in [-0.2, -0.15) is 0 Å². The third-order valence-electron chi connectivity index (χ3n) is 2.10. The van der Waals surface area contributed by atoms with Crippen LogP contribution in [0.3, 0.4) is 0 Å². The Morgan fingerprint density at radius 3 is 2.82 bits per heavy atom. The predicted molar refractivity (Wildman–Crippen MR) is 41.0 cm³/mol. The first kappa shape index (κ1) is 8.50. The van der Waals surface area contributed by atoms with E-state index in [1.54, 1.807) is 11.8 Å². The number of halogens is 1. The van der Waals surface area contributed by atoms with Gasteiger partial charge in [-0.25, -0.2) is 4.39 Å². The highest BCUT2D eigenvalue weighted by Gasteiger charge is 2.16. The first-order chi connectivity index (χ1) is 5.20. The molecule has 1 aliphatic heterocycles. The molecule has 1 saturated heterocycles. The summed E-state index contributed by atoms with van der Waals surface area (Å²) < 4.78 is 12.7. The van der Waals surface area contributed by atoms with Gasteiger partial charge in [-0.05, 0) is 19.3 Å². The van der Waals surface area contributed by atoms with Crippen molar-refractivity contribution in [2.45, 2.75) is 32.4 Å².